The number of benzene rings is 1. The quantitative estimate of drug-likeness (QED) is 0.721. The minimum absolute atomic E-state index is 0.793. The largest absolute Gasteiger partial charge is 0.397 e. The molecule has 1 aromatic rings. The van der Waals surface area contributed by atoms with Gasteiger partial charge in [0.25, 0.3) is 0 Å². The van der Waals surface area contributed by atoms with Crippen molar-refractivity contribution in [3.05, 3.63) is 22.7 Å². The van der Waals surface area contributed by atoms with Crippen molar-refractivity contribution in [3.8, 4) is 0 Å². The van der Waals surface area contributed by atoms with Crippen LogP contribution in [0.1, 0.15) is 26.7 Å². The van der Waals surface area contributed by atoms with E-state index in [4.69, 9.17) is 5.73 Å². The SMILES string of the molecule is CCCN(CCC)CCNc1ccc(Br)cc1N. The van der Waals surface area contributed by atoms with E-state index in [1.807, 2.05) is 18.2 Å². The smallest absolute Gasteiger partial charge is 0.0575 e. The number of nitrogen functional groups attached to an aromatic ring is 1. The van der Waals surface area contributed by atoms with Gasteiger partial charge in [0.1, 0.15) is 0 Å². The minimum Gasteiger partial charge on any atom is -0.397 e. The van der Waals surface area contributed by atoms with Gasteiger partial charge >= 0.3 is 0 Å². The molecular formula is C14H24BrN3. The average molecular weight is 314 g/mol. The van der Waals surface area contributed by atoms with E-state index in [-0.39, 0.29) is 0 Å². The molecule has 3 N–H and O–H groups in total. The van der Waals surface area contributed by atoms with E-state index >= 15 is 0 Å². The highest BCUT2D eigenvalue weighted by atomic mass is 79.9. The summed E-state index contributed by atoms with van der Waals surface area (Å²) in [5.74, 6) is 0. The summed E-state index contributed by atoms with van der Waals surface area (Å²) in [5.41, 5.74) is 7.76. The summed E-state index contributed by atoms with van der Waals surface area (Å²) in [5, 5.41) is 3.40. The van der Waals surface area contributed by atoms with Crippen LogP contribution < -0.4 is 11.1 Å². The fourth-order valence-corrected chi connectivity index (χ4v) is 2.39. The zero-order valence-corrected chi connectivity index (χ0v) is 13.0. The Balaban J connectivity index is 2.39. The second-order valence-corrected chi connectivity index (χ2v) is 5.42. The Morgan fingerprint density at radius 2 is 1.83 bits per heavy atom. The number of nitrogens with one attached hydrogen (secondary N) is 1. The first-order valence-electron chi connectivity index (χ1n) is 6.68. The first kappa shape index (κ1) is 15.3. The number of anilines is 2. The van der Waals surface area contributed by atoms with Gasteiger partial charge in [-0.1, -0.05) is 29.8 Å². The number of halogens is 1. The Kier molecular flexibility index (Phi) is 7.13. The Bertz CT molecular complexity index is 349. The van der Waals surface area contributed by atoms with Crippen molar-refractivity contribution < 1.29 is 0 Å². The predicted molar refractivity (Wildman–Crippen MR) is 84.1 cm³/mol. The summed E-state index contributed by atoms with van der Waals surface area (Å²) < 4.78 is 1.02. The van der Waals surface area contributed by atoms with Gasteiger partial charge in [0, 0.05) is 17.6 Å². The van der Waals surface area contributed by atoms with Gasteiger partial charge in [0.15, 0.2) is 0 Å². The maximum Gasteiger partial charge on any atom is 0.0575 e. The monoisotopic (exact) mass is 313 g/mol. The second kappa shape index (κ2) is 8.38. The number of nitrogens with two attached hydrogens (primary N) is 1. The lowest BCUT2D eigenvalue weighted by Crippen LogP contribution is -2.30. The third-order valence-corrected chi connectivity index (χ3v) is 3.33. The molecule has 3 nitrogen and oxygen atoms in total. The lowest BCUT2D eigenvalue weighted by molar-refractivity contribution is 0.285. The predicted octanol–water partition coefficient (Wildman–Crippen LogP) is 3.57. The van der Waals surface area contributed by atoms with E-state index in [9.17, 15) is 0 Å². The van der Waals surface area contributed by atoms with Crippen LogP contribution in [0.4, 0.5) is 11.4 Å². The van der Waals surface area contributed by atoms with E-state index in [2.05, 4.69) is 40.0 Å². The molecule has 0 bridgehead atoms. The van der Waals surface area contributed by atoms with E-state index in [1.165, 1.54) is 25.9 Å². The fourth-order valence-electron chi connectivity index (χ4n) is 2.01. The van der Waals surface area contributed by atoms with Crippen LogP contribution in [0.15, 0.2) is 22.7 Å². The molecule has 0 amide bonds. The second-order valence-electron chi connectivity index (χ2n) is 4.50. The number of rotatable bonds is 8. The summed E-state index contributed by atoms with van der Waals surface area (Å²) in [6, 6.07) is 5.95. The first-order chi connectivity index (χ1) is 8.67. The van der Waals surface area contributed by atoms with Crippen LogP contribution in [0, 0.1) is 0 Å². The molecule has 1 rings (SSSR count). The van der Waals surface area contributed by atoms with E-state index < -0.39 is 0 Å². The maximum absolute atomic E-state index is 5.95. The standard InChI is InChI=1S/C14H24BrN3/c1-3-8-18(9-4-2)10-7-17-14-6-5-12(15)11-13(14)16/h5-6,11,17H,3-4,7-10,16H2,1-2H3. The lowest BCUT2D eigenvalue weighted by atomic mass is 10.2. The molecular weight excluding hydrogens is 290 g/mol. The van der Waals surface area contributed by atoms with Gasteiger partial charge in [-0.15, -0.1) is 0 Å². The molecule has 0 unspecified atom stereocenters. The van der Waals surface area contributed by atoms with E-state index in [0.717, 1.165) is 28.9 Å². The third-order valence-electron chi connectivity index (χ3n) is 2.84. The van der Waals surface area contributed by atoms with E-state index in [0.29, 0.717) is 0 Å². The molecule has 4 heteroatoms. The Labute approximate surface area is 119 Å². The van der Waals surface area contributed by atoms with Crippen molar-refractivity contribution in [2.45, 2.75) is 26.7 Å². The highest BCUT2D eigenvalue weighted by Crippen LogP contribution is 2.22. The van der Waals surface area contributed by atoms with Crippen molar-refractivity contribution in [2.24, 2.45) is 0 Å². The van der Waals surface area contributed by atoms with Gasteiger partial charge in [-0.2, -0.15) is 0 Å². The highest BCUT2D eigenvalue weighted by Gasteiger charge is 2.03. The topological polar surface area (TPSA) is 41.3 Å². The summed E-state index contributed by atoms with van der Waals surface area (Å²) in [6.07, 6.45) is 2.42. The van der Waals surface area contributed by atoms with Gasteiger partial charge in [0.2, 0.25) is 0 Å². The van der Waals surface area contributed by atoms with Crippen molar-refractivity contribution in [1.82, 2.24) is 4.90 Å². The van der Waals surface area contributed by atoms with E-state index in [1.54, 1.807) is 0 Å². The molecule has 0 fully saturated rings. The summed E-state index contributed by atoms with van der Waals surface area (Å²) >= 11 is 3.41. The molecule has 102 valence electrons. The summed E-state index contributed by atoms with van der Waals surface area (Å²) in [4.78, 5) is 2.49. The Morgan fingerprint density at radius 1 is 1.17 bits per heavy atom. The molecule has 0 spiro atoms. The molecule has 0 atom stereocenters. The minimum atomic E-state index is 0.793. The number of hydrogen-bond donors (Lipinski definition) is 2. The summed E-state index contributed by atoms with van der Waals surface area (Å²) in [7, 11) is 0. The van der Waals surface area contributed by atoms with Crippen LogP contribution in [0.25, 0.3) is 0 Å². The third kappa shape index (κ3) is 5.27. The first-order valence-corrected chi connectivity index (χ1v) is 7.48. The van der Waals surface area contributed by atoms with Crippen LogP contribution in [0.2, 0.25) is 0 Å². The fraction of sp³-hybridized carbons (Fsp3) is 0.571. The van der Waals surface area contributed by atoms with Crippen LogP contribution in [-0.4, -0.2) is 31.1 Å². The number of nitrogens with zero attached hydrogens (tertiary/aromatic N) is 1. The van der Waals surface area contributed by atoms with Gasteiger partial charge in [-0.05, 0) is 44.1 Å². The van der Waals surface area contributed by atoms with Crippen molar-refractivity contribution >= 4 is 27.3 Å². The molecule has 18 heavy (non-hydrogen) atoms. The summed E-state index contributed by atoms with van der Waals surface area (Å²) in [6.45, 7) is 8.80. The molecule has 0 aliphatic carbocycles. The van der Waals surface area contributed by atoms with Gasteiger partial charge in [-0.3, -0.25) is 0 Å². The maximum atomic E-state index is 5.95. The normalized spacial score (nSPS) is 10.9. The van der Waals surface area contributed by atoms with Crippen LogP contribution in [0.5, 0.6) is 0 Å². The lowest BCUT2D eigenvalue weighted by Gasteiger charge is -2.21. The van der Waals surface area contributed by atoms with Gasteiger partial charge in [-0.25, -0.2) is 0 Å². The molecule has 1 aromatic carbocycles. The average Bonchev–Trinajstić information content (AvgIpc) is 2.32. The van der Waals surface area contributed by atoms with Gasteiger partial charge < -0.3 is 16.0 Å². The molecule has 0 heterocycles. The Morgan fingerprint density at radius 3 is 2.39 bits per heavy atom. The molecule has 0 saturated heterocycles. The van der Waals surface area contributed by atoms with Crippen molar-refractivity contribution in [1.29, 1.82) is 0 Å². The number of hydrogen-bond acceptors (Lipinski definition) is 3. The highest BCUT2D eigenvalue weighted by molar-refractivity contribution is 9.10. The molecule has 0 aliphatic heterocycles. The zero-order chi connectivity index (χ0) is 13.4. The Hall–Kier alpha value is -0.740. The van der Waals surface area contributed by atoms with Crippen LogP contribution in [0.3, 0.4) is 0 Å². The van der Waals surface area contributed by atoms with Gasteiger partial charge in [0.05, 0.1) is 11.4 Å². The zero-order valence-electron chi connectivity index (χ0n) is 11.4. The molecule has 0 radical (unpaired) electrons. The molecule has 0 aromatic heterocycles. The van der Waals surface area contributed by atoms with Crippen molar-refractivity contribution in [2.75, 3.05) is 37.2 Å². The molecule has 0 aliphatic rings. The van der Waals surface area contributed by atoms with Crippen LogP contribution in [-0.2, 0) is 0 Å². The van der Waals surface area contributed by atoms with Crippen molar-refractivity contribution in [3.63, 3.8) is 0 Å². The molecule has 0 saturated carbocycles. The van der Waals surface area contributed by atoms with Crippen LogP contribution >= 0.6 is 15.9 Å².